The number of Topliss-reactive ketones (excluding diaryl/α,β-unsaturated/α-hetero) is 1. The number of nitrogens with one attached hydrogen (secondary N) is 1. The van der Waals surface area contributed by atoms with Gasteiger partial charge in [0.15, 0.2) is 5.78 Å². The molecule has 1 heterocycles. The first-order valence-electron chi connectivity index (χ1n) is 5.50. The topological polar surface area (TPSA) is 32.9 Å². The van der Waals surface area contributed by atoms with E-state index in [0.717, 1.165) is 28.6 Å². The minimum Gasteiger partial charge on any atom is -0.360 e. The van der Waals surface area contributed by atoms with Gasteiger partial charge in [-0.2, -0.15) is 11.8 Å². The Balaban J connectivity index is 2.17. The third-order valence-corrected chi connectivity index (χ3v) is 3.63. The standard InChI is InChI=1S/C13H15NOS/c1-2-7-16-9-13(15)11-8-14-12-6-4-3-5-10(11)12/h3-6,8,14H,2,7,9H2,1H3. The number of hydrogen-bond acceptors (Lipinski definition) is 2. The molecule has 1 aromatic heterocycles. The Hall–Kier alpha value is -1.22. The fraction of sp³-hybridized carbons (Fsp3) is 0.308. The summed E-state index contributed by atoms with van der Waals surface area (Å²) in [4.78, 5) is 15.1. The van der Waals surface area contributed by atoms with Gasteiger partial charge in [-0.15, -0.1) is 0 Å². The van der Waals surface area contributed by atoms with Gasteiger partial charge in [0.1, 0.15) is 0 Å². The van der Waals surface area contributed by atoms with Gasteiger partial charge < -0.3 is 4.98 Å². The normalized spacial score (nSPS) is 10.8. The highest BCUT2D eigenvalue weighted by atomic mass is 32.2. The van der Waals surface area contributed by atoms with E-state index in [-0.39, 0.29) is 5.78 Å². The zero-order valence-electron chi connectivity index (χ0n) is 9.32. The highest BCUT2D eigenvalue weighted by Crippen LogP contribution is 2.19. The summed E-state index contributed by atoms with van der Waals surface area (Å²) < 4.78 is 0. The van der Waals surface area contributed by atoms with Crippen molar-refractivity contribution in [3.63, 3.8) is 0 Å². The number of H-pyrrole nitrogens is 1. The molecule has 0 aliphatic heterocycles. The number of benzene rings is 1. The molecule has 0 amide bonds. The summed E-state index contributed by atoms with van der Waals surface area (Å²) in [5.41, 5.74) is 1.85. The third-order valence-electron chi connectivity index (χ3n) is 2.47. The van der Waals surface area contributed by atoms with Crippen LogP contribution in [0.1, 0.15) is 23.7 Å². The van der Waals surface area contributed by atoms with Crippen molar-refractivity contribution in [3.05, 3.63) is 36.0 Å². The molecule has 16 heavy (non-hydrogen) atoms. The van der Waals surface area contributed by atoms with Crippen molar-refractivity contribution in [2.24, 2.45) is 0 Å². The molecule has 0 saturated heterocycles. The van der Waals surface area contributed by atoms with Crippen molar-refractivity contribution in [1.29, 1.82) is 0 Å². The maximum absolute atomic E-state index is 12.0. The monoisotopic (exact) mass is 233 g/mol. The summed E-state index contributed by atoms with van der Waals surface area (Å²) in [5, 5.41) is 1.03. The molecular weight excluding hydrogens is 218 g/mol. The Labute approximate surface area is 99.4 Å². The van der Waals surface area contributed by atoms with Crippen molar-refractivity contribution >= 4 is 28.4 Å². The molecule has 0 radical (unpaired) electrons. The largest absolute Gasteiger partial charge is 0.360 e. The first-order valence-corrected chi connectivity index (χ1v) is 6.65. The summed E-state index contributed by atoms with van der Waals surface area (Å²) in [5.74, 6) is 1.85. The fourth-order valence-electron chi connectivity index (χ4n) is 1.69. The van der Waals surface area contributed by atoms with Gasteiger partial charge in [-0.25, -0.2) is 0 Å². The maximum atomic E-state index is 12.0. The Kier molecular flexibility index (Phi) is 3.67. The lowest BCUT2D eigenvalue weighted by Gasteiger charge is -1.98. The van der Waals surface area contributed by atoms with Crippen LogP contribution in [0.2, 0.25) is 0 Å². The minimum atomic E-state index is 0.218. The average molecular weight is 233 g/mol. The number of thioether (sulfide) groups is 1. The van der Waals surface area contributed by atoms with Crippen molar-refractivity contribution in [3.8, 4) is 0 Å². The third kappa shape index (κ3) is 2.30. The van der Waals surface area contributed by atoms with Crippen molar-refractivity contribution in [2.45, 2.75) is 13.3 Å². The molecule has 3 heteroatoms. The number of carbonyl (C=O) groups is 1. The van der Waals surface area contributed by atoms with E-state index < -0.39 is 0 Å². The summed E-state index contributed by atoms with van der Waals surface area (Å²) in [6.07, 6.45) is 2.94. The molecule has 0 bridgehead atoms. The number of fused-ring (bicyclic) bond motifs is 1. The number of para-hydroxylation sites is 1. The van der Waals surface area contributed by atoms with Gasteiger partial charge in [-0.3, -0.25) is 4.79 Å². The molecule has 2 nitrogen and oxygen atoms in total. The second-order valence-electron chi connectivity index (χ2n) is 3.72. The van der Waals surface area contributed by atoms with Gasteiger partial charge in [0.25, 0.3) is 0 Å². The van der Waals surface area contributed by atoms with E-state index in [4.69, 9.17) is 0 Å². The van der Waals surface area contributed by atoms with E-state index in [0.29, 0.717) is 5.75 Å². The lowest BCUT2D eigenvalue weighted by molar-refractivity contribution is 0.102. The van der Waals surface area contributed by atoms with Crippen LogP contribution in [0.4, 0.5) is 0 Å². The van der Waals surface area contributed by atoms with Crippen molar-refractivity contribution in [2.75, 3.05) is 11.5 Å². The van der Waals surface area contributed by atoms with E-state index in [1.807, 2.05) is 30.5 Å². The van der Waals surface area contributed by atoms with E-state index in [9.17, 15) is 4.79 Å². The average Bonchev–Trinajstić information content (AvgIpc) is 2.73. The van der Waals surface area contributed by atoms with Crippen LogP contribution in [-0.2, 0) is 0 Å². The predicted molar refractivity (Wildman–Crippen MR) is 70.2 cm³/mol. The summed E-state index contributed by atoms with van der Waals surface area (Å²) in [7, 11) is 0. The quantitative estimate of drug-likeness (QED) is 0.633. The highest BCUT2D eigenvalue weighted by Gasteiger charge is 2.10. The number of aromatic nitrogens is 1. The number of rotatable bonds is 5. The van der Waals surface area contributed by atoms with Crippen molar-refractivity contribution < 1.29 is 4.79 Å². The van der Waals surface area contributed by atoms with Gasteiger partial charge >= 0.3 is 0 Å². The Morgan fingerprint density at radius 3 is 3.00 bits per heavy atom. The number of carbonyl (C=O) groups excluding carboxylic acids is 1. The number of aromatic amines is 1. The molecule has 0 saturated carbocycles. The lowest BCUT2D eigenvalue weighted by atomic mass is 10.1. The van der Waals surface area contributed by atoms with Gasteiger partial charge in [-0.05, 0) is 18.2 Å². The smallest absolute Gasteiger partial charge is 0.174 e. The van der Waals surface area contributed by atoms with E-state index in [1.54, 1.807) is 11.8 Å². The van der Waals surface area contributed by atoms with Crippen LogP contribution >= 0.6 is 11.8 Å². The van der Waals surface area contributed by atoms with Gasteiger partial charge in [0.05, 0.1) is 5.75 Å². The number of hydrogen-bond donors (Lipinski definition) is 1. The molecule has 0 atom stereocenters. The Morgan fingerprint density at radius 1 is 1.38 bits per heavy atom. The Bertz CT molecular complexity index is 489. The molecule has 2 aromatic rings. The van der Waals surface area contributed by atoms with Gasteiger partial charge in [0, 0.05) is 22.7 Å². The van der Waals surface area contributed by atoms with E-state index >= 15 is 0 Å². The molecular formula is C13H15NOS. The zero-order valence-corrected chi connectivity index (χ0v) is 10.1. The predicted octanol–water partition coefficient (Wildman–Crippen LogP) is 3.49. The fourth-order valence-corrected chi connectivity index (χ4v) is 2.46. The molecule has 84 valence electrons. The molecule has 0 unspecified atom stereocenters. The molecule has 0 spiro atoms. The second kappa shape index (κ2) is 5.21. The van der Waals surface area contributed by atoms with Crippen LogP contribution in [-0.4, -0.2) is 22.3 Å². The zero-order chi connectivity index (χ0) is 11.4. The molecule has 1 N–H and O–H groups in total. The summed E-state index contributed by atoms with van der Waals surface area (Å²) in [6, 6.07) is 7.92. The summed E-state index contributed by atoms with van der Waals surface area (Å²) >= 11 is 1.70. The molecule has 1 aromatic carbocycles. The SMILES string of the molecule is CCCSCC(=O)c1c[nH]c2ccccc12. The van der Waals surface area contributed by atoms with Gasteiger partial charge in [-0.1, -0.05) is 25.1 Å². The molecule has 0 aliphatic carbocycles. The highest BCUT2D eigenvalue weighted by molar-refractivity contribution is 7.99. The minimum absolute atomic E-state index is 0.218. The number of ketones is 1. The van der Waals surface area contributed by atoms with Crippen LogP contribution in [0, 0.1) is 0 Å². The van der Waals surface area contributed by atoms with E-state index in [2.05, 4.69) is 11.9 Å². The second-order valence-corrected chi connectivity index (χ2v) is 4.83. The summed E-state index contributed by atoms with van der Waals surface area (Å²) in [6.45, 7) is 2.13. The van der Waals surface area contributed by atoms with Crippen molar-refractivity contribution in [1.82, 2.24) is 4.98 Å². The first-order chi connectivity index (χ1) is 7.83. The Morgan fingerprint density at radius 2 is 2.19 bits per heavy atom. The first kappa shape index (κ1) is 11.3. The van der Waals surface area contributed by atoms with Crippen LogP contribution in [0.3, 0.4) is 0 Å². The molecule has 0 aliphatic rings. The maximum Gasteiger partial charge on any atom is 0.174 e. The van der Waals surface area contributed by atoms with Crippen LogP contribution in [0.15, 0.2) is 30.5 Å². The van der Waals surface area contributed by atoms with Crippen LogP contribution in [0.25, 0.3) is 10.9 Å². The van der Waals surface area contributed by atoms with Crippen LogP contribution in [0.5, 0.6) is 0 Å². The van der Waals surface area contributed by atoms with Gasteiger partial charge in [0.2, 0.25) is 0 Å². The molecule has 0 fully saturated rings. The van der Waals surface area contributed by atoms with Crippen LogP contribution < -0.4 is 0 Å². The lowest BCUT2D eigenvalue weighted by Crippen LogP contribution is -2.01. The van der Waals surface area contributed by atoms with E-state index in [1.165, 1.54) is 0 Å². The molecule has 2 rings (SSSR count).